The highest BCUT2D eigenvalue weighted by atomic mass is 19.4. The van der Waals surface area contributed by atoms with Crippen LogP contribution in [0.2, 0.25) is 0 Å². The second-order valence-corrected chi connectivity index (χ2v) is 9.79. The number of halogens is 7. The quantitative estimate of drug-likeness (QED) is 0.218. The maximum absolute atomic E-state index is 16.3. The molecule has 0 radical (unpaired) electrons. The van der Waals surface area contributed by atoms with E-state index in [0.717, 1.165) is 20.5 Å². The number of hydrogen-bond acceptors (Lipinski definition) is 9. The fourth-order valence-corrected chi connectivity index (χ4v) is 4.85. The predicted molar refractivity (Wildman–Crippen MR) is 154 cm³/mol. The zero-order valence-electron chi connectivity index (χ0n) is 24.9. The van der Waals surface area contributed by atoms with Crippen LogP contribution in [0.25, 0.3) is 22.2 Å². The van der Waals surface area contributed by atoms with E-state index in [1.807, 2.05) is 20.8 Å². The third kappa shape index (κ3) is 6.85. The van der Waals surface area contributed by atoms with Gasteiger partial charge in [0.1, 0.15) is 28.2 Å². The van der Waals surface area contributed by atoms with Crippen molar-refractivity contribution in [3.63, 3.8) is 0 Å². The van der Waals surface area contributed by atoms with Crippen LogP contribution in [0, 0.1) is 18.6 Å². The Labute approximate surface area is 250 Å². The van der Waals surface area contributed by atoms with Gasteiger partial charge in [-0.05, 0) is 38.4 Å². The average molecular weight is 636 g/mol. The Balaban J connectivity index is 0.00000127. The van der Waals surface area contributed by atoms with Crippen LogP contribution in [0.1, 0.15) is 44.7 Å². The van der Waals surface area contributed by atoms with Crippen molar-refractivity contribution in [1.82, 2.24) is 20.3 Å². The zero-order chi connectivity index (χ0) is 32.9. The number of aliphatic hydroxyl groups is 1. The number of alkyl halides is 5. The van der Waals surface area contributed by atoms with Crippen LogP contribution in [-0.2, 0) is 6.18 Å². The van der Waals surface area contributed by atoms with E-state index in [4.69, 9.17) is 15.6 Å². The summed E-state index contributed by atoms with van der Waals surface area (Å²) in [4.78, 5) is 14.5. The van der Waals surface area contributed by atoms with Crippen LogP contribution in [0.4, 0.5) is 48.2 Å². The molecule has 0 amide bonds. The molecule has 2 unspecified atom stereocenters. The van der Waals surface area contributed by atoms with Gasteiger partial charge in [0, 0.05) is 44.8 Å². The smallest absolute Gasteiger partial charge is 0.417 e. The molecule has 5 rings (SSSR count). The zero-order valence-corrected chi connectivity index (χ0v) is 24.9. The van der Waals surface area contributed by atoms with Crippen molar-refractivity contribution in [2.45, 2.75) is 65.3 Å². The van der Waals surface area contributed by atoms with E-state index in [1.54, 1.807) is 4.90 Å². The van der Waals surface area contributed by atoms with Gasteiger partial charge in [0.2, 0.25) is 11.8 Å². The van der Waals surface area contributed by atoms with Crippen molar-refractivity contribution in [3.8, 4) is 17.1 Å². The summed E-state index contributed by atoms with van der Waals surface area (Å²) in [5.74, 6) is -3.08. The molecule has 2 aromatic heterocycles. The summed E-state index contributed by atoms with van der Waals surface area (Å²) in [6.07, 6.45) is -9.23. The summed E-state index contributed by atoms with van der Waals surface area (Å²) in [5.41, 5.74) is 0.307. The highest BCUT2D eigenvalue weighted by Gasteiger charge is 2.40. The lowest BCUT2D eigenvalue weighted by Gasteiger charge is -2.38. The van der Waals surface area contributed by atoms with E-state index in [0.29, 0.717) is 19.2 Å². The molecule has 2 aliphatic rings. The topological polar surface area (TPSA) is 121 Å². The minimum Gasteiger partial charge on any atom is -0.468 e. The minimum absolute atomic E-state index is 0.00809. The van der Waals surface area contributed by atoms with Gasteiger partial charge in [0.25, 0.3) is 6.43 Å². The van der Waals surface area contributed by atoms with Gasteiger partial charge < -0.3 is 31.1 Å². The molecule has 3 aromatic rings. The van der Waals surface area contributed by atoms with Gasteiger partial charge in [-0.1, -0.05) is 13.8 Å². The standard InChI is InChI=1S/C25H26F7N7O.C2H6.CH4O/c1-10-4-8-39(10)24-37-20-15-22(38-24)35-7-6-34-5-3-14(21(28)29)40-23(15)36-19(18(20)27)12-9-13(33)17(26)11(2)16(12)25(30,31)32;2*1-2/h9-10,14,21,34H,3-8,33H2,1-2H3,(H,35,37,38);1-2H3;2H,1H3. The van der Waals surface area contributed by atoms with Gasteiger partial charge in [-0.2, -0.15) is 18.2 Å². The molecule has 44 heavy (non-hydrogen) atoms. The Kier molecular flexibility index (Phi) is 11.4. The molecule has 4 heterocycles. The van der Waals surface area contributed by atoms with E-state index in [2.05, 4.69) is 25.6 Å². The summed E-state index contributed by atoms with van der Waals surface area (Å²) in [6.45, 7) is 8.05. The number of benzene rings is 1. The summed E-state index contributed by atoms with van der Waals surface area (Å²) < 4.78 is 107. The number of nitrogen functional groups attached to an aromatic ring is 1. The Morgan fingerprint density at radius 1 is 1.05 bits per heavy atom. The van der Waals surface area contributed by atoms with E-state index >= 15 is 4.39 Å². The number of ether oxygens (including phenoxy) is 1. The van der Waals surface area contributed by atoms with Crippen molar-refractivity contribution in [1.29, 1.82) is 0 Å². The lowest BCUT2D eigenvalue weighted by molar-refractivity contribution is -0.137. The number of pyridine rings is 1. The third-order valence-electron chi connectivity index (χ3n) is 7.13. The third-order valence-corrected chi connectivity index (χ3v) is 7.13. The van der Waals surface area contributed by atoms with Crippen LogP contribution in [0.15, 0.2) is 6.07 Å². The van der Waals surface area contributed by atoms with Gasteiger partial charge >= 0.3 is 6.18 Å². The van der Waals surface area contributed by atoms with Gasteiger partial charge in [-0.3, -0.25) is 0 Å². The first kappa shape index (κ1) is 34.8. The summed E-state index contributed by atoms with van der Waals surface area (Å²) >= 11 is 0. The van der Waals surface area contributed by atoms with Gasteiger partial charge in [0.05, 0.1) is 11.3 Å². The van der Waals surface area contributed by atoms with Crippen molar-refractivity contribution in [2.24, 2.45) is 0 Å². The van der Waals surface area contributed by atoms with Gasteiger partial charge in [-0.25, -0.2) is 27.5 Å². The van der Waals surface area contributed by atoms with Crippen LogP contribution in [-0.4, -0.2) is 71.9 Å². The Morgan fingerprint density at radius 3 is 2.30 bits per heavy atom. The molecule has 1 fully saturated rings. The number of hydrogen-bond donors (Lipinski definition) is 4. The van der Waals surface area contributed by atoms with Crippen LogP contribution in [0.3, 0.4) is 0 Å². The fraction of sp³-hybridized carbons (Fsp3) is 0.536. The maximum Gasteiger partial charge on any atom is 0.417 e. The molecule has 2 aliphatic heterocycles. The van der Waals surface area contributed by atoms with Crippen molar-refractivity contribution < 1.29 is 40.6 Å². The lowest BCUT2D eigenvalue weighted by Crippen LogP contribution is -2.46. The molecule has 244 valence electrons. The van der Waals surface area contributed by atoms with Gasteiger partial charge in [-0.15, -0.1) is 0 Å². The number of aliphatic hydroxyl groups excluding tert-OH is 1. The molecule has 1 aromatic carbocycles. The Hall–Kier alpha value is -3.66. The summed E-state index contributed by atoms with van der Waals surface area (Å²) in [5, 5.41) is 12.8. The minimum atomic E-state index is -5.13. The predicted octanol–water partition coefficient (Wildman–Crippen LogP) is 5.53. The molecular formula is C28H36F7N7O2. The Morgan fingerprint density at radius 2 is 1.73 bits per heavy atom. The SMILES string of the molecule is CC.CO.Cc1c(F)c(N)cc(-c2nc3c4c(nc(N5CCC5C)nc4c2F)NCCNCCC(C(F)F)O3)c1C(F)(F)F. The second-order valence-electron chi connectivity index (χ2n) is 9.79. The van der Waals surface area contributed by atoms with Crippen LogP contribution in [0.5, 0.6) is 5.88 Å². The molecule has 2 atom stereocenters. The van der Waals surface area contributed by atoms with Crippen LogP contribution < -0.4 is 26.0 Å². The van der Waals surface area contributed by atoms with Gasteiger partial charge in [0.15, 0.2) is 11.9 Å². The number of nitrogens with zero attached hydrogens (tertiary/aromatic N) is 4. The molecule has 0 saturated carbocycles. The van der Waals surface area contributed by atoms with E-state index < -0.39 is 69.8 Å². The molecule has 0 spiro atoms. The van der Waals surface area contributed by atoms with Crippen molar-refractivity contribution in [2.75, 3.05) is 49.2 Å². The lowest BCUT2D eigenvalue weighted by atomic mass is 9.96. The first-order chi connectivity index (χ1) is 20.9. The molecule has 9 nitrogen and oxygen atoms in total. The van der Waals surface area contributed by atoms with E-state index in [1.165, 1.54) is 0 Å². The number of anilines is 3. The van der Waals surface area contributed by atoms with E-state index in [9.17, 15) is 26.3 Å². The number of rotatable bonds is 3. The number of nitrogens with two attached hydrogens (primary N) is 1. The number of aromatic nitrogens is 3. The average Bonchev–Trinajstić information content (AvgIpc) is 3.02. The van der Waals surface area contributed by atoms with Crippen molar-refractivity contribution in [3.05, 3.63) is 28.8 Å². The van der Waals surface area contributed by atoms with E-state index in [-0.39, 0.29) is 42.7 Å². The first-order valence-electron chi connectivity index (χ1n) is 14.1. The number of nitrogens with one attached hydrogen (secondary N) is 2. The summed E-state index contributed by atoms with van der Waals surface area (Å²) in [6, 6.07) is 0.627. The second kappa shape index (κ2) is 14.4. The molecular weight excluding hydrogens is 599 g/mol. The first-order valence-corrected chi connectivity index (χ1v) is 14.1. The summed E-state index contributed by atoms with van der Waals surface area (Å²) in [7, 11) is 1.00. The van der Waals surface area contributed by atoms with Crippen molar-refractivity contribution >= 4 is 28.4 Å². The highest BCUT2D eigenvalue weighted by molar-refractivity contribution is 5.97. The molecule has 5 N–H and O–H groups in total. The molecule has 1 saturated heterocycles. The fourth-order valence-electron chi connectivity index (χ4n) is 4.85. The highest BCUT2D eigenvalue weighted by Crippen LogP contribution is 2.45. The largest absolute Gasteiger partial charge is 0.468 e. The Bertz CT molecular complexity index is 1460. The normalized spacial score (nSPS) is 18.5. The van der Waals surface area contributed by atoms with Crippen LogP contribution >= 0.6 is 0 Å². The maximum atomic E-state index is 16.3. The molecule has 16 heteroatoms. The molecule has 0 bridgehead atoms. The molecule has 0 aliphatic carbocycles. The monoisotopic (exact) mass is 635 g/mol.